The molecule has 0 saturated heterocycles. The van der Waals surface area contributed by atoms with E-state index in [4.69, 9.17) is 5.73 Å². The van der Waals surface area contributed by atoms with Gasteiger partial charge in [0.05, 0.1) is 17.8 Å². The molecule has 0 spiro atoms. The third kappa shape index (κ3) is 2.14. The molecule has 2 aromatic rings. The normalized spacial score (nSPS) is 13.7. The Morgan fingerprint density at radius 2 is 2.10 bits per heavy atom. The fourth-order valence-corrected chi connectivity index (χ4v) is 2.64. The number of carbonyl (C=O) groups excluding carboxylic acids is 1. The summed E-state index contributed by atoms with van der Waals surface area (Å²) < 4.78 is 0. The number of fused-ring (bicyclic) bond motifs is 1. The van der Waals surface area contributed by atoms with Crippen LogP contribution in [-0.4, -0.2) is 13.0 Å². The van der Waals surface area contributed by atoms with Crippen LogP contribution in [0.2, 0.25) is 0 Å². The fourth-order valence-electron chi connectivity index (χ4n) is 2.64. The molecule has 4 heteroatoms. The van der Waals surface area contributed by atoms with Gasteiger partial charge in [0.25, 0.3) is 0 Å². The highest BCUT2D eigenvalue weighted by Gasteiger charge is 2.28. The zero-order valence-electron chi connectivity index (χ0n) is 11.4. The monoisotopic (exact) mass is 267 g/mol. The number of anilines is 3. The summed E-state index contributed by atoms with van der Waals surface area (Å²) in [4.78, 5) is 14.0. The summed E-state index contributed by atoms with van der Waals surface area (Å²) in [5, 5.41) is 3.12. The van der Waals surface area contributed by atoms with Gasteiger partial charge in [0.15, 0.2) is 0 Å². The summed E-state index contributed by atoms with van der Waals surface area (Å²) in [6, 6.07) is 13.6. The lowest BCUT2D eigenvalue weighted by Crippen LogP contribution is -2.20. The van der Waals surface area contributed by atoms with Crippen molar-refractivity contribution >= 4 is 23.0 Å². The number of benzene rings is 2. The lowest BCUT2D eigenvalue weighted by atomic mass is 10.1. The van der Waals surface area contributed by atoms with Gasteiger partial charge in [-0.3, -0.25) is 9.69 Å². The molecular weight excluding hydrogens is 250 g/mol. The van der Waals surface area contributed by atoms with E-state index in [2.05, 4.69) is 11.4 Å². The Labute approximate surface area is 118 Å². The highest BCUT2D eigenvalue weighted by Crippen LogP contribution is 2.36. The number of nitrogens with one attached hydrogen (secondary N) is 1. The largest absolute Gasteiger partial charge is 0.399 e. The van der Waals surface area contributed by atoms with Gasteiger partial charge in [-0.25, -0.2) is 0 Å². The van der Waals surface area contributed by atoms with Crippen LogP contribution in [0.5, 0.6) is 0 Å². The number of nitrogen functional groups attached to an aromatic ring is 1. The third-order valence-electron chi connectivity index (χ3n) is 3.49. The van der Waals surface area contributed by atoms with Gasteiger partial charge in [-0.1, -0.05) is 18.2 Å². The average Bonchev–Trinajstić information content (AvgIpc) is 2.74. The summed E-state index contributed by atoms with van der Waals surface area (Å²) in [7, 11) is 1.91. The van der Waals surface area contributed by atoms with Gasteiger partial charge < -0.3 is 11.1 Å². The highest BCUT2D eigenvalue weighted by molar-refractivity contribution is 6.07. The van der Waals surface area contributed by atoms with Crippen molar-refractivity contribution in [3.8, 4) is 0 Å². The van der Waals surface area contributed by atoms with Gasteiger partial charge in [0.1, 0.15) is 0 Å². The number of nitrogens with two attached hydrogens (primary N) is 1. The first kappa shape index (κ1) is 12.7. The van der Waals surface area contributed by atoms with E-state index in [0.717, 1.165) is 23.5 Å². The number of nitrogens with zero attached hydrogens (tertiary/aromatic N) is 1. The van der Waals surface area contributed by atoms with Crippen LogP contribution < -0.4 is 16.0 Å². The molecule has 1 heterocycles. The van der Waals surface area contributed by atoms with Gasteiger partial charge in [0, 0.05) is 12.2 Å². The van der Waals surface area contributed by atoms with Gasteiger partial charge in [-0.2, -0.15) is 0 Å². The first-order valence-corrected chi connectivity index (χ1v) is 6.64. The van der Waals surface area contributed by atoms with E-state index >= 15 is 0 Å². The minimum atomic E-state index is 0.0900. The van der Waals surface area contributed by atoms with Crippen molar-refractivity contribution in [2.75, 3.05) is 17.7 Å². The van der Waals surface area contributed by atoms with Crippen molar-refractivity contribution < 1.29 is 4.79 Å². The zero-order chi connectivity index (χ0) is 14.1. The van der Waals surface area contributed by atoms with Gasteiger partial charge >= 0.3 is 0 Å². The van der Waals surface area contributed by atoms with Crippen molar-refractivity contribution in [2.24, 2.45) is 0 Å². The van der Waals surface area contributed by atoms with Gasteiger partial charge in [-0.15, -0.1) is 0 Å². The smallest absolute Gasteiger partial charge is 0.236 e. The van der Waals surface area contributed by atoms with Gasteiger partial charge in [0.2, 0.25) is 5.91 Å². The van der Waals surface area contributed by atoms with E-state index in [-0.39, 0.29) is 5.91 Å². The molecule has 2 aromatic carbocycles. The van der Waals surface area contributed by atoms with E-state index in [1.165, 1.54) is 5.56 Å². The number of hydrogen-bond acceptors (Lipinski definition) is 3. The Bertz CT molecular complexity index is 667. The standard InChI is InChI=1S/C16H17N3O/c1-18-10-11-5-6-15-12(7-11)8-16(20)19(15)14-4-2-3-13(17)9-14/h2-7,9,18H,8,10,17H2,1H3. The predicted molar refractivity (Wildman–Crippen MR) is 80.9 cm³/mol. The Morgan fingerprint density at radius 1 is 1.25 bits per heavy atom. The Kier molecular flexibility index (Phi) is 3.16. The Morgan fingerprint density at radius 3 is 2.85 bits per heavy atom. The molecule has 0 saturated carbocycles. The molecule has 3 N–H and O–H groups in total. The average molecular weight is 267 g/mol. The molecule has 0 unspecified atom stereocenters. The lowest BCUT2D eigenvalue weighted by Gasteiger charge is -2.18. The molecule has 3 rings (SSSR count). The van der Waals surface area contributed by atoms with Crippen LogP contribution in [0.25, 0.3) is 0 Å². The summed E-state index contributed by atoms with van der Waals surface area (Å²) in [5.41, 5.74) is 10.5. The van der Waals surface area contributed by atoms with Crippen LogP contribution in [0.4, 0.5) is 17.1 Å². The summed E-state index contributed by atoms with van der Waals surface area (Å²) in [5.74, 6) is 0.0900. The summed E-state index contributed by atoms with van der Waals surface area (Å²) >= 11 is 0. The number of carbonyl (C=O) groups is 1. The number of amides is 1. The molecule has 1 amide bonds. The first-order chi connectivity index (χ1) is 9.69. The minimum absolute atomic E-state index is 0.0900. The molecule has 1 aliphatic rings. The first-order valence-electron chi connectivity index (χ1n) is 6.64. The molecule has 20 heavy (non-hydrogen) atoms. The minimum Gasteiger partial charge on any atom is -0.399 e. The molecule has 0 fully saturated rings. The van der Waals surface area contributed by atoms with Crippen molar-refractivity contribution in [3.05, 3.63) is 53.6 Å². The Hall–Kier alpha value is -2.33. The lowest BCUT2D eigenvalue weighted by molar-refractivity contribution is -0.116. The highest BCUT2D eigenvalue weighted by atomic mass is 16.2. The topological polar surface area (TPSA) is 58.4 Å². The molecule has 0 atom stereocenters. The van der Waals surface area contributed by atoms with Crippen LogP contribution in [0.1, 0.15) is 11.1 Å². The van der Waals surface area contributed by atoms with Crippen LogP contribution in [-0.2, 0) is 17.8 Å². The molecule has 0 bridgehead atoms. The molecular formula is C16H17N3O. The number of rotatable bonds is 3. The van der Waals surface area contributed by atoms with Crippen molar-refractivity contribution in [1.29, 1.82) is 0 Å². The van der Waals surface area contributed by atoms with Crippen molar-refractivity contribution in [2.45, 2.75) is 13.0 Å². The van der Waals surface area contributed by atoms with Crippen LogP contribution in [0, 0.1) is 0 Å². The Balaban J connectivity index is 2.02. The second-order valence-corrected chi connectivity index (χ2v) is 4.99. The molecule has 0 aliphatic carbocycles. The van der Waals surface area contributed by atoms with E-state index < -0.39 is 0 Å². The predicted octanol–water partition coefficient (Wildman–Crippen LogP) is 2.21. The van der Waals surface area contributed by atoms with E-state index in [1.54, 1.807) is 4.90 Å². The number of hydrogen-bond donors (Lipinski definition) is 2. The van der Waals surface area contributed by atoms with Crippen LogP contribution in [0.15, 0.2) is 42.5 Å². The van der Waals surface area contributed by atoms with Crippen molar-refractivity contribution in [1.82, 2.24) is 5.32 Å². The quantitative estimate of drug-likeness (QED) is 0.838. The van der Waals surface area contributed by atoms with Gasteiger partial charge in [-0.05, 0) is 42.4 Å². The SMILES string of the molecule is CNCc1ccc2c(c1)CC(=O)N2c1cccc(N)c1. The molecule has 0 radical (unpaired) electrons. The van der Waals surface area contributed by atoms with Crippen molar-refractivity contribution in [3.63, 3.8) is 0 Å². The molecule has 1 aliphatic heterocycles. The summed E-state index contributed by atoms with van der Waals surface area (Å²) in [6.07, 6.45) is 0.446. The van der Waals surface area contributed by atoms with Crippen LogP contribution >= 0.6 is 0 Å². The zero-order valence-corrected chi connectivity index (χ0v) is 11.4. The maximum atomic E-state index is 12.3. The molecule has 0 aromatic heterocycles. The maximum Gasteiger partial charge on any atom is 0.236 e. The fraction of sp³-hybridized carbons (Fsp3) is 0.188. The summed E-state index contributed by atoms with van der Waals surface area (Å²) in [6.45, 7) is 0.805. The van der Waals surface area contributed by atoms with E-state index in [1.807, 2.05) is 43.4 Å². The molecule has 4 nitrogen and oxygen atoms in total. The van der Waals surface area contributed by atoms with Crippen LogP contribution in [0.3, 0.4) is 0 Å². The maximum absolute atomic E-state index is 12.3. The second kappa shape index (κ2) is 4.98. The third-order valence-corrected chi connectivity index (χ3v) is 3.49. The van der Waals surface area contributed by atoms with E-state index in [0.29, 0.717) is 12.1 Å². The second-order valence-electron chi connectivity index (χ2n) is 4.99. The molecule has 102 valence electrons. The van der Waals surface area contributed by atoms with E-state index in [9.17, 15) is 4.79 Å².